The minimum Gasteiger partial charge on any atom is -0.465 e. The number of fused-ring (bicyclic) bond motifs is 4. The number of nitrogen functional groups attached to an aromatic ring is 1. The second-order valence-corrected chi connectivity index (χ2v) is 8.70. The largest absolute Gasteiger partial charge is 0.465 e. The Kier molecular flexibility index (Phi) is 5.54. The molecule has 3 aromatic carbocycles. The van der Waals surface area contributed by atoms with Crippen molar-refractivity contribution in [2.24, 2.45) is 0 Å². The first-order chi connectivity index (χ1) is 18.5. The molecule has 8 heteroatoms. The molecular weight excluding hydrogens is 480 g/mol. The van der Waals surface area contributed by atoms with Crippen molar-refractivity contribution in [1.29, 1.82) is 0 Å². The van der Waals surface area contributed by atoms with Crippen LogP contribution in [0, 0.1) is 0 Å². The number of nitrogens with two attached hydrogens (primary N) is 1. The molecular formula is C30H20N4O4. The Balaban J connectivity index is 1.43. The summed E-state index contributed by atoms with van der Waals surface area (Å²) in [6, 6.07) is 20.2. The van der Waals surface area contributed by atoms with Gasteiger partial charge in [-0.15, -0.1) is 0 Å². The maximum atomic E-state index is 13.4. The number of furan rings is 1. The monoisotopic (exact) mass is 500 g/mol. The lowest BCUT2D eigenvalue weighted by Gasteiger charge is -2.17. The van der Waals surface area contributed by atoms with Crippen molar-refractivity contribution in [3.8, 4) is 0 Å². The Morgan fingerprint density at radius 1 is 0.895 bits per heavy atom. The van der Waals surface area contributed by atoms with E-state index in [9.17, 15) is 14.4 Å². The van der Waals surface area contributed by atoms with Crippen LogP contribution in [0.4, 0.5) is 5.69 Å². The third-order valence-electron chi connectivity index (χ3n) is 6.29. The Bertz CT molecular complexity index is 1790. The van der Waals surface area contributed by atoms with Crippen molar-refractivity contribution >= 4 is 46.0 Å². The molecule has 2 aromatic heterocycles. The number of hydrogen-bond donors (Lipinski definition) is 3. The van der Waals surface area contributed by atoms with Gasteiger partial charge < -0.3 is 20.5 Å². The first-order valence-corrected chi connectivity index (χ1v) is 11.8. The summed E-state index contributed by atoms with van der Waals surface area (Å²) < 4.78 is 5.34. The molecule has 0 aliphatic heterocycles. The summed E-state index contributed by atoms with van der Waals surface area (Å²) in [5.74, 6) is 0.0843. The molecule has 1 amide bonds. The van der Waals surface area contributed by atoms with Crippen molar-refractivity contribution in [2.45, 2.75) is 0 Å². The summed E-state index contributed by atoms with van der Waals surface area (Å²) >= 11 is 0. The number of hydrogen-bond acceptors (Lipinski definition) is 6. The first-order valence-electron chi connectivity index (χ1n) is 11.8. The van der Waals surface area contributed by atoms with Gasteiger partial charge in [0.1, 0.15) is 11.3 Å². The van der Waals surface area contributed by atoms with E-state index in [0.717, 1.165) is 0 Å². The van der Waals surface area contributed by atoms with Crippen LogP contribution in [0.25, 0.3) is 22.8 Å². The number of anilines is 1. The molecule has 0 fully saturated rings. The average Bonchev–Trinajstić information content (AvgIpc) is 3.61. The molecule has 4 N–H and O–H groups in total. The van der Waals surface area contributed by atoms with Gasteiger partial charge in [-0.05, 0) is 60.7 Å². The van der Waals surface area contributed by atoms with Crippen LogP contribution in [-0.2, 0) is 0 Å². The Hall–Kier alpha value is -5.50. The number of nitrogens with one attached hydrogen (secondary N) is 2. The van der Waals surface area contributed by atoms with Crippen LogP contribution in [0.2, 0.25) is 0 Å². The lowest BCUT2D eigenvalue weighted by molar-refractivity contribution is 0.0972. The van der Waals surface area contributed by atoms with E-state index in [1.54, 1.807) is 97.3 Å². The summed E-state index contributed by atoms with van der Waals surface area (Å²) in [5, 5.41) is 2.88. The molecule has 0 atom stereocenters. The van der Waals surface area contributed by atoms with Crippen LogP contribution in [0.15, 0.2) is 95.6 Å². The molecule has 6 rings (SSSR count). The molecule has 5 aromatic rings. The van der Waals surface area contributed by atoms with Crippen LogP contribution in [0.3, 0.4) is 0 Å². The zero-order valence-corrected chi connectivity index (χ0v) is 19.9. The van der Waals surface area contributed by atoms with Gasteiger partial charge >= 0.3 is 0 Å². The fourth-order valence-corrected chi connectivity index (χ4v) is 4.42. The van der Waals surface area contributed by atoms with Gasteiger partial charge in [-0.1, -0.05) is 30.3 Å². The highest BCUT2D eigenvalue weighted by Crippen LogP contribution is 2.32. The molecule has 184 valence electrons. The first kappa shape index (κ1) is 22.9. The lowest BCUT2D eigenvalue weighted by Crippen LogP contribution is -2.22. The number of aromatic amines is 1. The number of imidazole rings is 1. The van der Waals surface area contributed by atoms with Gasteiger partial charge in [-0.3, -0.25) is 14.4 Å². The fraction of sp³-hybridized carbons (Fsp3) is 0. The predicted molar refractivity (Wildman–Crippen MR) is 143 cm³/mol. The van der Waals surface area contributed by atoms with Gasteiger partial charge in [0.25, 0.3) is 5.91 Å². The average molecular weight is 501 g/mol. The van der Waals surface area contributed by atoms with Crippen LogP contribution in [0.1, 0.15) is 53.8 Å². The fourth-order valence-electron chi connectivity index (χ4n) is 4.42. The summed E-state index contributed by atoms with van der Waals surface area (Å²) in [7, 11) is 0. The normalized spacial score (nSPS) is 13.1. The van der Waals surface area contributed by atoms with E-state index in [2.05, 4.69) is 15.3 Å². The standard InChI is InChI=1S/C30H20N4O4/c31-18-12-10-17(11-13-18)30(37)33-24(9-3-5-19-6-4-16-38-19)29-32-23-15-14-22-25(26(23)34-29)28(36)21-8-2-1-7-20(21)27(22)35/h1-16H,31H2,(H,32,34)(H,33,37)/b5-3-,24-9+. The molecule has 2 heterocycles. The second-order valence-electron chi connectivity index (χ2n) is 8.70. The molecule has 0 bridgehead atoms. The van der Waals surface area contributed by atoms with Crippen LogP contribution >= 0.6 is 0 Å². The number of allylic oxidation sites excluding steroid dienone is 2. The van der Waals surface area contributed by atoms with E-state index in [1.165, 1.54) is 0 Å². The van der Waals surface area contributed by atoms with Crippen molar-refractivity contribution < 1.29 is 18.8 Å². The highest BCUT2D eigenvalue weighted by atomic mass is 16.3. The van der Waals surface area contributed by atoms with Gasteiger partial charge in [-0.2, -0.15) is 0 Å². The second kappa shape index (κ2) is 9.18. The summed E-state index contributed by atoms with van der Waals surface area (Å²) in [5.41, 5.74) is 9.23. The summed E-state index contributed by atoms with van der Waals surface area (Å²) in [6.45, 7) is 0. The van der Waals surface area contributed by atoms with E-state index in [4.69, 9.17) is 10.2 Å². The van der Waals surface area contributed by atoms with Crippen LogP contribution in [0.5, 0.6) is 0 Å². The maximum absolute atomic E-state index is 13.4. The highest BCUT2D eigenvalue weighted by molar-refractivity contribution is 6.31. The van der Waals surface area contributed by atoms with Crippen molar-refractivity contribution in [3.05, 3.63) is 131 Å². The molecule has 0 radical (unpaired) electrons. The number of carbonyl (C=O) groups excluding carboxylic acids is 3. The van der Waals surface area contributed by atoms with E-state index in [-0.39, 0.29) is 23.0 Å². The SMILES string of the molecule is Nc1ccc(C(=O)N/C(=C/C=C\c2ccco2)c2nc3c4c(ccc3[nH]2)C(=O)c2ccccc2C4=O)cc1. The predicted octanol–water partition coefficient (Wildman–Crippen LogP) is 5.00. The van der Waals surface area contributed by atoms with Gasteiger partial charge in [0.05, 0.1) is 23.0 Å². The molecule has 0 unspecified atom stereocenters. The van der Waals surface area contributed by atoms with E-state index < -0.39 is 0 Å². The third-order valence-corrected chi connectivity index (χ3v) is 6.29. The zero-order chi connectivity index (χ0) is 26.2. The number of H-pyrrole nitrogens is 1. The molecule has 0 saturated heterocycles. The number of aromatic nitrogens is 2. The Morgan fingerprint density at radius 3 is 2.39 bits per heavy atom. The van der Waals surface area contributed by atoms with Crippen LogP contribution in [-0.4, -0.2) is 27.4 Å². The van der Waals surface area contributed by atoms with E-state index in [0.29, 0.717) is 56.3 Å². The number of nitrogens with zero attached hydrogens (tertiary/aromatic N) is 1. The number of ketones is 2. The van der Waals surface area contributed by atoms with Gasteiger partial charge in [0, 0.05) is 27.9 Å². The highest BCUT2D eigenvalue weighted by Gasteiger charge is 2.32. The zero-order valence-electron chi connectivity index (χ0n) is 19.9. The van der Waals surface area contributed by atoms with Crippen molar-refractivity contribution in [1.82, 2.24) is 15.3 Å². The van der Waals surface area contributed by atoms with E-state index in [1.807, 2.05) is 0 Å². The Labute approximate surface area is 216 Å². The smallest absolute Gasteiger partial charge is 0.255 e. The van der Waals surface area contributed by atoms with Gasteiger partial charge in [0.2, 0.25) is 0 Å². The third kappa shape index (κ3) is 4.00. The number of rotatable bonds is 5. The molecule has 0 saturated carbocycles. The maximum Gasteiger partial charge on any atom is 0.255 e. The minimum atomic E-state index is -0.370. The van der Waals surface area contributed by atoms with Gasteiger partial charge in [0.15, 0.2) is 17.4 Å². The molecule has 1 aliphatic carbocycles. The molecule has 0 spiro atoms. The van der Waals surface area contributed by atoms with Crippen molar-refractivity contribution in [3.63, 3.8) is 0 Å². The number of carbonyl (C=O) groups is 3. The summed E-state index contributed by atoms with van der Waals surface area (Å²) in [4.78, 5) is 47.4. The quantitative estimate of drug-likeness (QED) is 0.226. The topological polar surface area (TPSA) is 131 Å². The van der Waals surface area contributed by atoms with Crippen molar-refractivity contribution in [2.75, 3.05) is 5.73 Å². The summed E-state index contributed by atoms with van der Waals surface area (Å²) in [6.07, 6.45) is 6.68. The minimum absolute atomic E-state index is 0.226. The number of amides is 1. The number of benzene rings is 3. The molecule has 1 aliphatic rings. The lowest BCUT2D eigenvalue weighted by atomic mass is 9.83. The Morgan fingerprint density at radius 2 is 1.66 bits per heavy atom. The van der Waals surface area contributed by atoms with Gasteiger partial charge in [-0.25, -0.2) is 4.98 Å². The molecule has 8 nitrogen and oxygen atoms in total. The van der Waals surface area contributed by atoms with E-state index >= 15 is 0 Å². The van der Waals surface area contributed by atoms with Crippen LogP contribution < -0.4 is 11.1 Å². The molecule has 38 heavy (non-hydrogen) atoms.